The Morgan fingerprint density at radius 1 is 0.727 bits per heavy atom. The van der Waals surface area contributed by atoms with Crippen LogP contribution in [0.2, 0.25) is 0 Å². The van der Waals surface area contributed by atoms with Crippen LogP contribution in [0.5, 0.6) is 0 Å². The fourth-order valence-corrected chi connectivity index (χ4v) is 7.53. The van der Waals surface area contributed by atoms with E-state index in [1.54, 1.807) is 86.6 Å². The Labute approximate surface area is 312 Å². The number of sulfone groups is 1. The lowest BCUT2D eigenvalue weighted by atomic mass is 10.2. The lowest BCUT2D eigenvalue weighted by Crippen LogP contribution is -2.17. The predicted octanol–water partition coefficient (Wildman–Crippen LogP) is 7.23. The van der Waals surface area contributed by atoms with E-state index in [-0.39, 0.29) is 39.0 Å². The topological polar surface area (TPSA) is 237 Å². The van der Waals surface area contributed by atoms with E-state index < -0.39 is 36.5 Å². The molecule has 0 spiro atoms. The van der Waals surface area contributed by atoms with Crippen LogP contribution in [0, 0.1) is 25.2 Å². The van der Waals surface area contributed by atoms with Crippen LogP contribution in [0.25, 0.3) is 28.2 Å². The number of azo groups is 1. The molecule has 0 radical (unpaired) electrons. The Bertz CT molecular complexity index is 2990. The lowest BCUT2D eigenvalue weighted by molar-refractivity contribution is 0.543. The van der Waals surface area contributed by atoms with Crippen LogP contribution < -0.4 is 10.0 Å². The maximum atomic E-state index is 14.4. The number of nitrogens with one attached hydrogen (secondary N) is 2. The zero-order valence-electron chi connectivity index (χ0n) is 28.6. The summed E-state index contributed by atoms with van der Waals surface area (Å²) in [5, 5.41) is 24.8. The first-order chi connectivity index (χ1) is 26.5. The third-order valence-corrected chi connectivity index (χ3v) is 11.1. The van der Waals surface area contributed by atoms with Crippen molar-refractivity contribution in [1.29, 1.82) is 5.26 Å². The second-order valence-corrected chi connectivity index (χ2v) is 15.5. The van der Waals surface area contributed by atoms with E-state index in [0.717, 1.165) is 11.1 Å². The Kier molecular flexibility index (Phi) is 8.59. The van der Waals surface area contributed by atoms with Crippen molar-refractivity contribution in [2.75, 3.05) is 10.0 Å². The van der Waals surface area contributed by atoms with Gasteiger partial charge in [0.2, 0.25) is 21.6 Å². The molecule has 4 aromatic carbocycles. The largest absolute Gasteiger partial charge is 0.423 e. The highest BCUT2D eigenvalue weighted by molar-refractivity contribution is 7.92. The van der Waals surface area contributed by atoms with Gasteiger partial charge in [0.1, 0.15) is 22.7 Å². The quantitative estimate of drug-likeness (QED) is 0.103. The van der Waals surface area contributed by atoms with Crippen molar-refractivity contribution < 1.29 is 25.7 Å². The van der Waals surface area contributed by atoms with Gasteiger partial charge in [0.25, 0.3) is 10.0 Å². The van der Waals surface area contributed by atoms with Gasteiger partial charge in [-0.25, -0.2) is 21.6 Å². The van der Waals surface area contributed by atoms with Crippen LogP contribution in [0.4, 0.5) is 29.3 Å². The highest BCUT2D eigenvalue weighted by atomic mass is 32.2. The maximum absolute atomic E-state index is 14.4. The number of anilines is 3. The normalized spacial score (nSPS) is 12.0. The number of aromatic nitrogens is 6. The molecule has 0 amide bonds. The molecule has 8 rings (SSSR count). The highest BCUT2D eigenvalue weighted by Gasteiger charge is 2.30. The molecule has 0 aliphatic rings. The summed E-state index contributed by atoms with van der Waals surface area (Å²) in [6.07, 6.45) is 1.32. The van der Waals surface area contributed by atoms with Gasteiger partial charge >= 0.3 is 12.0 Å². The third-order valence-electron chi connectivity index (χ3n) is 8.05. The number of para-hydroxylation sites is 4. The zero-order valence-corrected chi connectivity index (χ0v) is 30.2. The first kappa shape index (κ1) is 34.8. The third kappa shape index (κ3) is 6.85. The Hall–Kier alpha value is -7.30. The van der Waals surface area contributed by atoms with Crippen LogP contribution >= 0.6 is 0 Å². The summed E-state index contributed by atoms with van der Waals surface area (Å²) >= 11 is 0. The van der Waals surface area contributed by atoms with E-state index in [2.05, 4.69) is 45.3 Å². The smallest absolute Gasteiger partial charge is 0.323 e. The molecule has 8 aromatic rings. The van der Waals surface area contributed by atoms with Gasteiger partial charge in [0.15, 0.2) is 27.7 Å². The SMILES string of the molecule is Cc1ccc(S(=O)(=O)Nc2nc(Nc3nc4ccccc4o3)c(N=Nc3nn(-c4nc5ccccc5o4)cc3C#N)c(S(=O)(=O)c3ccc(C)cc3)n2)cc1. The fraction of sp³-hybridized carbons (Fsp3) is 0.0556. The molecule has 17 nitrogen and oxygen atoms in total. The number of rotatable bonds is 10. The van der Waals surface area contributed by atoms with Crippen molar-refractivity contribution >= 4 is 71.3 Å². The van der Waals surface area contributed by atoms with Crippen molar-refractivity contribution in [3.63, 3.8) is 0 Å². The summed E-state index contributed by atoms with van der Waals surface area (Å²) < 4.78 is 71.0. The second kappa shape index (κ2) is 13.6. The molecule has 272 valence electrons. The van der Waals surface area contributed by atoms with Crippen molar-refractivity contribution in [1.82, 2.24) is 29.7 Å². The molecule has 0 aliphatic heterocycles. The predicted molar refractivity (Wildman–Crippen MR) is 198 cm³/mol. The molecule has 0 atom stereocenters. The van der Waals surface area contributed by atoms with Gasteiger partial charge in [-0.3, -0.25) is 5.32 Å². The Balaban J connectivity index is 1.31. The summed E-state index contributed by atoms with van der Waals surface area (Å²) in [5.41, 5.74) is 2.92. The fourth-order valence-electron chi connectivity index (χ4n) is 5.27. The summed E-state index contributed by atoms with van der Waals surface area (Å²) in [4.78, 5) is 17.0. The number of hydrogen-bond acceptors (Lipinski definition) is 15. The van der Waals surface area contributed by atoms with E-state index in [1.807, 2.05) is 6.07 Å². The lowest BCUT2D eigenvalue weighted by Gasteiger charge is -2.14. The maximum Gasteiger partial charge on any atom is 0.323 e. The molecule has 0 saturated heterocycles. The van der Waals surface area contributed by atoms with Crippen molar-refractivity contribution in [3.8, 4) is 12.1 Å². The van der Waals surface area contributed by atoms with E-state index >= 15 is 0 Å². The van der Waals surface area contributed by atoms with E-state index in [9.17, 15) is 22.1 Å². The number of nitrogens with zero attached hydrogens (tertiary/aromatic N) is 9. The number of aryl methyl sites for hydroxylation is 2. The van der Waals surface area contributed by atoms with Crippen molar-refractivity contribution in [3.05, 3.63) is 120 Å². The molecular formula is C36H25N11O6S2. The molecule has 19 heteroatoms. The second-order valence-electron chi connectivity index (χ2n) is 12.0. The van der Waals surface area contributed by atoms with Gasteiger partial charge < -0.3 is 8.83 Å². The minimum atomic E-state index is -4.59. The summed E-state index contributed by atoms with van der Waals surface area (Å²) in [6.45, 7) is 3.58. The molecule has 0 fully saturated rings. The van der Waals surface area contributed by atoms with Gasteiger partial charge in [-0.1, -0.05) is 59.7 Å². The van der Waals surface area contributed by atoms with Crippen molar-refractivity contribution in [2.24, 2.45) is 10.2 Å². The minimum Gasteiger partial charge on any atom is -0.423 e. The average Bonchev–Trinajstić information content (AvgIpc) is 3.91. The van der Waals surface area contributed by atoms with Gasteiger partial charge in [0, 0.05) is 0 Å². The standard InChI is InChI=1S/C36H25N11O6S2/c1-21-11-15-24(16-12-21)54(48,49)33-30(43-44-31-23(19-37)20-47(45-31)36-39-27-8-4-6-10-29(27)53-36)32(41-35-38-26-7-3-5-9-28(26)52-35)40-34(42-33)46-55(50,51)25-17-13-22(2)14-18-25/h3-18,20H,1-2H3,(H2,38,40,41,42,46). The van der Waals surface area contributed by atoms with Gasteiger partial charge in [-0.05, 0) is 62.4 Å². The molecule has 55 heavy (non-hydrogen) atoms. The number of benzene rings is 4. The Morgan fingerprint density at radius 2 is 1.35 bits per heavy atom. The molecule has 0 bridgehead atoms. The number of fused-ring (bicyclic) bond motifs is 2. The summed E-state index contributed by atoms with van der Waals surface area (Å²) in [7, 11) is -8.93. The molecule has 0 aliphatic carbocycles. The molecule has 0 unspecified atom stereocenters. The molecule has 2 N–H and O–H groups in total. The monoisotopic (exact) mass is 771 g/mol. The van der Waals surface area contributed by atoms with Gasteiger partial charge in [-0.2, -0.15) is 29.9 Å². The molecular weight excluding hydrogens is 747 g/mol. The summed E-state index contributed by atoms with van der Waals surface area (Å²) in [6, 6.07) is 27.6. The highest BCUT2D eigenvalue weighted by Crippen LogP contribution is 2.38. The van der Waals surface area contributed by atoms with Crippen LogP contribution in [-0.2, 0) is 19.9 Å². The molecule has 4 heterocycles. The number of hydrogen-bond donors (Lipinski definition) is 2. The van der Waals surface area contributed by atoms with Gasteiger partial charge in [-0.15, -0.1) is 15.3 Å². The summed E-state index contributed by atoms with van der Waals surface area (Å²) in [5.74, 6) is -1.23. The number of sulfonamides is 1. The van der Waals surface area contributed by atoms with Crippen molar-refractivity contribution in [2.45, 2.75) is 28.7 Å². The van der Waals surface area contributed by atoms with Crippen LogP contribution in [0.1, 0.15) is 16.7 Å². The van der Waals surface area contributed by atoms with E-state index in [0.29, 0.717) is 22.2 Å². The first-order valence-corrected chi connectivity index (χ1v) is 19.2. The van der Waals surface area contributed by atoms with E-state index in [4.69, 9.17) is 8.83 Å². The minimum absolute atomic E-state index is 0.0358. The number of nitriles is 1. The van der Waals surface area contributed by atoms with Crippen LogP contribution in [0.3, 0.4) is 0 Å². The number of oxazole rings is 2. The van der Waals surface area contributed by atoms with Crippen LogP contribution in [0.15, 0.2) is 137 Å². The zero-order chi connectivity index (χ0) is 38.3. The first-order valence-electron chi connectivity index (χ1n) is 16.2. The average molecular weight is 772 g/mol. The van der Waals surface area contributed by atoms with Gasteiger partial charge in [0.05, 0.1) is 16.0 Å². The molecule has 4 aromatic heterocycles. The van der Waals surface area contributed by atoms with Crippen LogP contribution in [-0.4, -0.2) is 46.6 Å². The van der Waals surface area contributed by atoms with E-state index in [1.165, 1.54) is 35.1 Å². The Morgan fingerprint density at radius 3 is 1.98 bits per heavy atom. The molecule has 0 saturated carbocycles.